The summed E-state index contributed by atoms with van der Waals surface area (Å²) in [7, 11) is 0. The molecule has 0 saturated heterocycles. The van der Waals surface area contributed by atoms with E-state index in [2.05, 4.69) is 20.4 Å². The van der Waals surface area contributed by atoms with Gasteiger partial charge in [-0.1, -0.05) is 64.3 Å². The van der Waals surface area contributed by atoms with E-state index in [-0.39, 0.29) is 29.3 Å². The van der Waals surface area contributed by atoms with Crippen molar-refractivity contribution in [2.24, 2.45) is 11.8 Å². The molecule has 0 aliphatic rings. The van der Waals surface area contributed by atoms with Gasteiger partial charge in [0.1, 0.15) is 11.9 Å². The fourth-order valence-corrected chi connectivity index (χ4v) is 3.22. The Kier molecular flexibility index (Phi) is 12.0. The molecule has 0 bridgehead atoms. The SMILES string of the molecule is C=C[C@@H](C)[C@@H](O)CC[C@@H](C)[C@H](CCCCCC)OC(=S)Oc1ccccc1. The Bertz CT molecular complexity index is 532. The normalized spacial score (nSPS) is 15.4. The zero-order chi connectivity index (χ0) is 20.1. The van der Waals surface area contributed by atoms with E-state index >= 15 is 0 Å². The lowest BCUT2D eigenvalue weighted by Crippen LogP contribution is -2.28. The summed E-state index contributed by atoms with van der Waals surface area (Å²) in [5.74, 6) is 1.08. The molecular formula is C23H36O3S. The molecule has 1 aromatic carbocycles. The predicted octanol–water partition coefficient (Wildman–Crippen LogP) is 6.31. The molecule has 152 valence electrons. The molecule has 1 rings (SSSR count). The Morgan fingerprint density at radius 3 is 2.44 bits per heavy atom. The topological polar surface area (TPSA) is 38.7 Å². The second-order valence-corrected chi connectivity index (χ2v) is 7.72. The van der Waals surface area contributed by atoms with Crippen LogP contribution in [0.5, 0.6) is 5.75 Å². The third-order valence-electron chi connectivity index (χ3n) is 5.07. The highest BCUT2D eigenvalue weighted by Crippen LogP contribution is 2.23. The Balaban J connectivity index is 2.58. The van der Waals surface area contributed by atoms with Crippen LogP contribution in [0.15, 0.2) is 43.0 Å². The number of aliphatic hydroxyl groups excluding tert-OH is 1. The first kappa shape index (κ1) is 23.6. The minimum atomic E-state index is -0.363. The summed E-state index contributed by atoms with van der Waals surface area (Å²) in [6.45, 7) is 10.1. The maximum Gasteiger partial charge on any atom is 0.358 e. The van der Waals surface area contributed by atoms with E-state index in [1.54, 1.807) is 6.08 Å². The zero-order valence-electron chi connectivity index (χ0n) is 17.1. The summed E-state index contributed by atoms with van der Waals surface area (Å²) >= 11 is 5.32. The van der Waals surface area contributed by atoms with Crippen molar-refractivity contribution >= 4 is 17.5 Å². The summed E-state index contributed by atoms with van der Waals surface area (Å²) < 4.78 is 11.7. The van der Waals surface area contributed by atoms with Crippen molar-refractivity contribution in [3.63, 3.8) is 0 Å². The molecule has 0 aliphatic heterocycles. The molecule has 0 aliphatic carbocycles. The molecule has 0 fully saturated rings. The number of para-hydroxylation sites is 1. The average Bonchev–Trinajstić information content (AvgIpc) is 2.68. The number of rotatable bonds is 13. The average molecular weight is 393 g/mol. The maximum absolute atomic E-state index is 10.2. The van der Waals surface area contributed by atoms with Crippen molar-refractivity contribution in [1.29, 1.82) is 0 Å². The fourth-order valence-electron chi connectivity index (χ4n) is 3.00. The lowest BCUT2D eigenvalue weighted by molar-refractivity contribution is 0.0721. The first-order valence-electron chi connectivity index (χ1n) is 10.2. The number of thiocarbonyl (C=S) groups is 1. The minimum absolute atomic E-state index is 0.00399. The van der Waals surface area contributed by atoms with Crippen LogP contribution in [0.2, 0.25) is 0 Å². The van der Waals surface area contributed by atoms with Gasteiger partial charge in [-0.3, -0.25) is 0 Å². The molecule has 0 amide bonds. The Labute approximate surface area is 170 Å². The minimum Gasteiger partial charge on any atom is -0.453 e. The van der Waals surface area contributed by atoms with Crippen LogP contribution in [0.3, 0.4) is 0 Å². The molecule has 0 radical (unpaired) electrons. The van der Waals surface area contributed by atoms with Crippen molar-refractivity contribution < 1.29 is 14.6 Å². The number of hydrogen-bond donors (Lipinski definition) is 1. The molecule has 0 heterocycles. The molecule has 0 unspecified atom stereocenters. The first-order valence-corrected chi connectivity index (χ1v) is 10.6. The molecule has 3 nitrogen and oxygen atoms in total. The van der Waals surface area contributed by atoms with Crippen LogP contribution >= 0.6 is 12.2 Å². The zero-order valence-corrected chi connectivity index (χ0v) is 17.9. The summed E-state index contributed by atoms with van der Waals surface area (Å²) in [6.07, 6.45) is 8.77. The number of ether oxygens (including phenoxy) is 2. The summed E-state index contributed by atoms with van der Waals surface area (Å²) in [4.78, 5) is 0. The van der Waals surface area contributed by atoms with E-state index < -0.39 is 0 Å². The third kappa shape index (κ3) is 9.92. The molecule has 4 heteroatoms. The monoisotopic (exact) mass is 392 g/mol. The van der Waals surface area contributed by atoms with Crippen LogP contribution in [-0.2, 0) is 4.74 Å². The van der Waals surface area contributed by atoms with E-state index in [1.807, 2.05) is 37.3 Å². The van der Waals surface area contributed by atoms with Gasteiger partial charge in [0.05, 0.1) is 6.10 Å². The third-order valence-corrected chi connectivity index (χ3v) is 5.24. The summed E-state index contributed by atoms with van der Waals surface area (Å²) in [6, 6.07) is 9.48. The van der Waals surface area contributed by atoms with Gasteiger partial charge in [-0.05, 0) is 49.7 Å². The van der Waals surface area contributed by atoms with Crippen LogP contribution in [0.1, 0.15) is 65.7 Å². The number of hydrogen-bond acceptors (Lipinski definition) is 4. The molecule has 0 spiro atoms. The maximum atomic E-state index is 10.2. The molecule has 0 aromatic heterocycles. The van der Waals surface area contributed by atoms with Gasteiger partial charge >= 0.3 is 5.24 Å². The molecule has 1 aromatic rings. The number of unbranched alkanes of at least 4 members (excludes halogenated alkanes) is 3. The standard InChI is InChI=1S/C23H36O3S/c1-5-7-8-12-15-22(19(4)16-17-21(24)18(3)6-2)26-23(27)25-20-13-10-9-11-14-20/h6,9-11,13-14,18-19,21-22,24H,2,5,7-8,12,15-17H2,1,3-4H3/t18-,19-,21+,22+/m1/s1. The van der Waals surface area contributed by atoms with Crippen LogP contribution in [0.25, 0.3) is 0 Å². The Morgan fingerprint density at radius 1 is 1.11 bits per heavy atom. The van der Waals surface area contributed by atoms with Gasteiger partial charge in [0.2, 0.25) is 0 Å². The van der Waals surface area contributed by atoms with E-state index in [1.165, 1.54) is 19.3 Å². The lowest BCUT2D eigenvalue weighted by Gasteiger charge is -2.26. The second-order valence-electron chi connectivity index (χ2n) is 7.39. The van der Waals surface area contributed by atoms with Gasteiger partial charge in [0.15, 0.2) is 0 Å². The van der Waals surface area contributed by atoms with Crippen molar-refractivity contribution in [3.8, 4) is 5.75 Å². The summed E-state index contributed by atoms with van der Waals surface area (Å²) in [5, 5.41) is 10.4. The number of aliphatic hydroxyl groups is 1. The van der Waals surface area contributed by atoms with Crippen molar-refractivity contribution in [1.82, 2.24) is 0 Å². The van der Waals surface area contributed by atoms with E-state index in [0.717, 1.165) is 25.7 Å². The van der Waals surface area contributed by atoms with Gasteiger partial charge in [-0.25, -0.2) is 0 Å². The molecule has 27 heavy (non-hydrogen) atoms. The van der Waals surface area contributed by atoms with Gasteiger partial charge in [-0.2, -0.15) is 0 Å². The largest absolute Gasteiger partial charge is 0.453 e. The van der Waals surface area contributed by atoms with Crippen LogP contribution in [0, 0.1) is 11.8 Å². The molecule has 4 atom stereocenters. The van der Waals surface area contributed by atoms with Gasteiger partial charge in [0.25, 0.3) is 0 Å². The molecule has 1 N–H and O–H groups in total. The van der Waals surface area contributed by atoms with E-state index in [9.17, 15) is 5.11 Å². The predicted molar refractivity (Wildman–Crippen MR) is 117 cm³/mol. The molecule has 0 saturated carbocycles. The smallest absolute Gasteiger partial charge is 0.358 e. The Morgan fingerprint density at radius 2 is 1.81 bits per heavy atom. The van der Waals surface area contributed by atoms with E-state index in [0.29, 0.717) is 5.75 Å². The van der Waals surface area contributed by atoms with Crippen molar-refractivity contribution in [3.05, 3.63) is 43.0 Å². The molecular weight excluding hydrogens is 356 g/mol. The lowest BCUT2D eigenvalue weighted by atomic mass is 9.90. The van der Waals surface area contributed by atoms with Gasteiger partial charge < -0.3 is 14.6 Å². The van der Waals surface area contributed by atoms with E-state index in [4.69, 9.17) is 21.7 Å². The van der Waals surface area contributed by atoms with Crippen LogP contribution in [-0.4, -0.2) is 22.6 Å². The van der Waals surface area contributed by atoms with Crippen LogP contribution in [0.4, 0.5) is 0 Å². The first-order chi connectivity index (χ1) is 13.0. The highest BCUT2D eigenvalue weighted by atomic mass is 32.1. The van der Waals surface area contributed by atoms with Gasteiger partial charge in [0, 0.05) is 12.2 Å². The van der Waals surface area contributed by atoms with Gasteiger partial charge in [-0.15, -0.1) is 6.58 Å². The van der Waals surface area contributed by atoms with Crippen molar-refractivity contribution in [2.75, 3.05) is 0 Å². The highest BCUT2D eigenvalue weighted by molar-refractivity contribution is 7.79. The number of benzene rings is 1. The quantitative estimate of drug-likeness (QED) is 0.243. The second kappa shape index (κ2) is 13.7. The summed E-state index contributed by atoms with van der Waals surface area (Å²) in [5.41, 5.74) is 0. The highest BCUT2D eigenvalue weighted by Gasteiger charge is 2.22. The fraction of sp³-hybridized carbons (Fsp3) is 0.609. The Hall–Kier alpha value is -1.39. The van der Waals surface area contributed by atoms with Crippen molar-refractivity contribution in [2.45, 2.75) is 77.9 Å². The van der Waals surface area contributed by atoms with Crippen LogP contribution < -0.4 is 4.74 Å².